The summed E-state index contributed by atoms with van der Waals surface area (Å²) < 4.78 is 0. The zero-order valence-corrected chi connectivity index (χ0v) is 12.9. The average Bonchev–Trinajstić information content (AvgIpc) is 2.79. The first kappa shape index (κ1) is 14.1. The van der Waals surface area contributed by atoms with Crippen LogP contribution in [0.3, 0.4) is 0 Å². The molecular weight excluding hydrogens is 238 g/mol. The van der Waals surface area contributed by atoms with E-state index in [1.54, 1.807) is 0 Å². The number of thiophene rings is 1. The van der Waals surface area contributed by atoms with Gasteiger partial charge >= 0.3 is 0 Å². The topological polar surface area (TPSA) is 26.0 Å². The summed E-state index contributed by atoms with van der Waals surface area (Å²) in [6.45, 7) is 7.10. The second-order valence-electron chi connectivity index (χ2n) is 7.08. The van der Waals surface area contributed by atoms with Crippen molar-refractivity contribution in [3.63, 3.8) is 0 Å². The molecule has 1 aliphatic rings. The summed E-state index contributed by atoms with van der Waals surface area (Å²) in [5.74, 6) is 0.857. The molecule has 0 radical (unpaired) electrons. The van der Waals surface area contributed by atoms with Crippen LogP contribution in [0.1, 0.15) is 57.8 Å². The zero-order chi connectivity index (χ0) is 13.2. The van der Waals surface area contributed by atoms with Crippen LogP contribution in [0.2, 0.25) is 0 Å². The molecule has 1 aromatic heterocycles. The van der Waals surface area contributed by atoms with Gasteiger partial charge in [-0.05, 0) is 61.3 Å². The lowest BCUT2D eigenvalue weighted by atomic mass is 9.66. The van der Waals surface area contributed by atoms with Gasteiger partial charge in [-0.1, -0.05) is 26.8 Å². The molecule has 1 aliphatic carbocycles. The molecule has 0 saturated heterocycles. The highest BCUT2D eigenvalue weighted by Gasteiger charge is 2.35. The summed E-state index contributed by atoms with van der Waals surface area (Å²) in [4.78, 5) is 1.48. The molecule has 2 rings (SSSR count). The molecule has 18 heavy (non-hydrogen) atoms. The predicted molar refractivity (Wildman–Crippen MR) is 81.0 cm³/mol. The maximum Gasteiger partial charge on any atom is 0.0158 e. The standard InChI is InChI=1S/C16H27NS/c1-15(2,3)13-6-9-16(17,10-7-13)11-8-14-5-4-12-18-14/h4-5,12-13H,6-11,17H2,1-3H3. The second-order valence-corrected chi connectivity index (χ2v) is 8.11. The predicted octanol–water partition coefficient (Wildman–Crippen LogP) is 4.61. The van der Waals surface area contributed by atoms with Gasteiger partial charge in [-0.15, -0.1) is 11.3 Å². The number of nitrogens with two attached hydrogens (primary N) is 1. The molecule has 0 amide bonds. The van der Waals surface area contributed by atoms with Crippen LogP contribution in [-0.4, -0.2) is 5.54 Å². The summed E-state index contributed by atoms with van der Waals surface area (Å²) in [7, 11) is 0. The highest BCUT2D eigenvalue weighted by Crippen LogP contribution is 2.41. The first-order valence-electron chi connectivity index (χ1n) is 7.20. The minimum absolute atomic E-state index is 0.103. The highest BCUT2D eigenvalue weighted by molar-refractivity contribution is 7.09. The van der Waals surface area contributed by atoms with E-state index in [-0.39, 0.29) is 5.54 Å². The van der Waals surface area contributed by atoms with E-state index < -0.39 is 0 Å². The second kappa shape index (κ2) is 5.34. The Bertz CT molecular complexity index is 353. The maximum absolute atomic E-state index is 6.59. The van der Waals surface area contributed by atoms with Crippen LogP contribution >= 0.6 is 11.3 Å². The Balaban J connectivity index is 1.83. The van der Waals surface area contributed by atoms with Gasteiger partial charge in [-0.3, -0.25) is 0 Å². The minimum atomic E-state index is 0.103. The number of rotatable bonds is 3. The van der Waals surface area contributed by atoms with Gasteiger partial charge in [0.25, 0.3) is 0 Å². The Hall–Kier alpha value is -0.340. The van der Waals surface area contributed by atoms with Gasteiger partial charge in [0, 0.05) is 10.4 Å². The van der Waals surface area contributed by atoms with Gasteiger partial charge in [0.15, 0.2) is 0 Å². The van der Waals surface area contributed by atoms with Gasteiger partial charge in [-0.2, -0.15) is 0 Å². The molecule has 0 aliphatic heterocycles. The molecule has 0 aromatic carbocycles. The lowest BCUT2D eigenvalue weighted by molar-refractivity contribution is 0.130. The molecule has 0 spiro atoms. The quantitative estimate of drug-likeness (QED) is 0.848. The Labute approximate surface area is 116 Å². The third-order valence-corrected chi connectivity index (χ3v) is 5.59. The molecule has 102 valence electrons. The summed E-state index contributed by atoms with van der Waals surface area (Å²) in [6.07, 6.45) is 7.36. The van der Waals surface area contributed by atoms with E-state index in [0.29, 0.717) is 5.41 Å². The zero-order valence-electron chi connectivity index (χ0n) is 12.0. The fourth-order valence-electron chi connectivity index (χ4n) is 3.14. The SMILES string of the molecule is CC(C)(C)C1CCC(N)(CCc2cccs2)CC1. The van der Waals surface area contributed by atoms with E-state index in [1.807, 2.05) is 11.3 Å². The third kappa shape index (κ3) is 3.58. The van der Waals surface area contributed by atoms with Crippen LogP contribution in [-0.2, 0) is 6.42 Å². The number of aryl methyl sites for hydroxylation is 1. The van der Waals surface area contributed by atoms with Crippen LogP contribution < -0.4 is 5.73 Å². The Morgan fingerprint density at radius 1 is 1.33 bits per heavy atom. The minimum Gasteiger partial charge on any atom is -0.325 e. The lowest BCUT2D eigenvalue weighted by Gasteiger charge is -2.42. The van der Waals surface area contributed by atoms with Gasteiger partial charge in [-0.25, -0.2) is 0 Å². The van der Waals surface area contributed by atoms with Crippen LogP contribution in [0.15, 0.2) is 17.5 Å². The van der Waals surface area contributed by atoms with Crippen molar-refractivity contribution in [2.24, 2.45) is 17.1 Å². The van der Waals surface area contributed by atoms with Crippen molar-refractivity contribution in [1.29, 1.82) is 0 Å². The Kier molecular flexibility index (Phi) is 4.18. The van der Waals surface area contributed by atoms with E-state index in [0.717, 1.165) is 18.8 Å². The van der Waals surface area contributed by atoms with E-state index in [2.05, 4.69) is 38.3 Å². The molecule has 0 unspecified atom stereocenters. The first-order chi connectivity index (χ1) is 8.39. The fraction of sp³-hybridized carbons (Fsp3) is 0.750. The number of hydrogen-bond donors (Lipinski definition) is 1. The van der Waals surface area contributed by atoms with E-state index >= 15 is 0 Å². The molecule has 1 saturated carbocycles. The molecule has 1 aromatic rings. The van der Waals surface area contributed by atoms with Crippen molar-refractivity contribution < 1.29 is 0 Å². The molecule has 2 heteroatoms. The summed E-state index contributed by atoms with van der Waals surface area (Å²) >= 11 is 1.86. The molecule has 1 nitrogen and oxygen atoms in total. The van der Waals surface area contributed by atoms with E-state index in [9.17, 15) is 0 Å². The van der Waals surface area contributed by atoms with E-state index in [4.69, 9.17) is 5.73 Å². The van der Waals surface area contributed by atoms with Crippen molar-refractivity contribution in [1.82, 2.24) is 0 Å². The first-order valence-corrected chi connectivity index (χ1v) is 8.08. The Morgan fingerprint density at radius 3 is 2.50 bits per heavy atom. The van der Waals surface area contributed by atoms with Gasteiger partial charge < -0.3 is 5.73 Å². The lowest BCUT2D eigenvalue weighted by Crippen LogP contribution is -2.45. The fourth-order valence-corrected chi connectivity index (χ4v) is 3.84. The van der Waals surface area contributed by atoms with Crippen molar-refractivity contribution in [3.8, 4) is 0 Å². The molecule has 1 fully saturated rings. The largest absolute Gasteiger partial charge is 0.325 e. The van der Waals surface area contributed by atoms with Crippen LogP contribution in [0, 0.1) is 11.3 Å². The molecule has 1 heterocycles. The van der Waals surface area contributed by atoms with Gasteiger partial charge in [0.1, 0.15) is 0 Å². The van der Waals surface area contributed by atoms with Crippen molar-refractivity contribution >= 4 is 11.3 Å². The molecule has 0 atom stereocenters. The van der Waals surface area contributed by atoms with Crippen LogP contribution in [0.5, 0.6) is 0 Å². The van der Waals surface area contributed by atoms with Crippen LogP contribution in [0.25, 0.3) is 0 Å². The summed E-state index contributed by atoms with van der Waals surface area (Å²) in [5, 5.41) is 2.16. The average molecular weight is 265 g/mol. The highest BCUT2D eigenvalue weighted by atomic mass is 32.1. The normalized spacial score (nSPS) is 29.4. The maximum atomic E-state index is 6.59. The van der Waals surface area contributed by atoms with Gasteiger partial charge in [0.2, 0.25) is 0 Å². The Morgan fingerprint density at radius 2 is 2.00 bits per heavy atom. The molecule has 2 N–H and O–H groups in total. The molecule has 0 bridgehead atoms. The van der Waals surface area contributed by atoms with Crippen molar-refractivity contribution in [2.45, 2.75) is 64.8 Å². The third-order valence-electron chi connectivity index (χ3n) is 4.66. The van der Waals surface area contributed by atoms with Crippen molar-refractivity contribution in [2.75, 3.05) is 0 Å². The monoisotopic (exact) mass is 265 g/mol. The van der Waals surface area contributed by atoms with Gasteiger partial charge in [0.05, 0.1) is 0 Å². The summed E-state index contributed by atoms with van der Waals surface area (Å²) in [6, 6.07) is 4.37. The number of hydrogen-bond acceptors (Lipinski definition) is 2. The molecular formula is C16H27NS. The van der Waals surface area contributed by atoms with E-state index in [1.165, 1.54) is 30.6 Å². The van der Waals surface area contributed by atoms with Crippen molar-refractivity contribution in [3.05, 3.63) is 22.4 Å². The smallest absolute Gasteiger partial charge is 0.0158 e. The summed E-state index contributed by atoms with van der Waals surface area (Å²) in [5.41, 5.74) is 7.14. The van der Waals surface area contributed by atoms with Crippen LogP contribution in [0.4, 0.5) is 0 Å².